The van der Waals surface area contributed by atoms with Gasteiger partial charge in [0.1, 0.15) is 24.7 Å². The van der Waals surface area contributed by atoms with Crippen LogP contribution in [0, 0.1) is 6.92 Å². The summed E-state index contributed by atoms with van der Waals surface area (Å²) < 4.78 is 12.2. The number of benzene rings is 3. The summed E-state index contributed by atoms with van der Waals surface area (Å²) in [6.45, 7) is 6.62. The number of hydrogen-bond donors (Lipinski definition) is 1. The Balaban J connectivity index is 1.29. The number of nitrogens with one attached hydrogen (secondary N) is 1. The molecule has 0 saturated heterocycles. The van der Waals surface area contributed by atoms with E-state index in [1.165, 1.54) is 0 Å². The topological polar surface area (TPSA) is 60.5 Å². The fraction of sp³-hybridized carbons (Fsp3) is 0.214. The van der Waals surface area contributed by atoms with E-state index in [0.29, 0.717) is 13.2 Å². The number of nitrogens with zero attached hydrogens (tertiary/aromatic N) is 1. The minimum atomic E-state index is -0.630. The molecule has 1 amide bonds. The molecule has 1 N–H and O–H groups in total. The molecule has 0 radical (unpaired) electrons. The molecular formula is C28H26N2O3. The molecule has 5 heteroatoms. The number of para-hydroxylation sites is 1. The molecule has 0 aliphatic carbocycles. The van der Waals surface area contributed by atoms with Gasteiger partial charge in [-0.1, -0.05) is 42.5 Å². The first-order chi connectivity index (χ1) is 15.9. The van der Waals surface area contributed by atoms with E-state index in [1.54, 1.807) is 0 Å². The first kappa shape index (κ1) is 21.0. The van der Waals surface area contributed by atoms with Crippen molar-refractivity contribution < 1.29 is 14.3 Å². The minimum absolute atomic E-state index is 0.00523. The molecule has 0 atom stereocenters. The van der Waals surface area contributed by atoms with Crippen LogP contribution in [0.2, 0.25) is 0 Å². The largest absolute Gasteiger partial charge is 0.489 e. The Morgan fingerprint density at radius 1 is 0.909 bits per heavy atom. The molecule has 0 fully saturated rings. The predicted octanol–water partition coefficient (Wildman–Crippen LogP) is 5.93. The summed E-state index contributed by atoms with van der Waals surface area (Å²) in [7, 11) is 0. The van der Waals surface area contributed by atoms with Crippen molar-refractivity contribution in [3.8, 4) is 11.5 Å². The molecular weight excluding hydrogens is 412 g/mol. The second-order valence-electron chi connectivity index (χ2n) is 8.93. The van der Waals surface area contributed by atoms with Gasteiger partial charge in [0, 0.05) is 10.9 Å². The Morgan fingerprint density at radius 3 is 2.64 bits per heavy atom. The van der Waals surface area contributed by atoms with E-state index in [0.717, 1.165) is 50.5 Å². The minimum Gasteiger partial charge on any atom is -0.489 e. The van der Waals surface area contributed by atoms with Crippen molar-refractivity contribution in [3.05, 3.63) is 95.2 Å². The second kappa shape index (κ2) is 8.24. The molecule has 3 aromatic carbocycles. The van der Waals surface area contributed by atoms with Gasteiger partial charge in [0.2, 0.25) is 5.91 Å². The Morgan fingerprint density at radius 2 is 1.76 bits per heavy atom. The highest BCUT2D eigenvalue weighted by atomic mass is 16.5. The lowest BCUT2D eigenvalue weighted by atomic mass is 9.85. The van der Waals surface area contributed by atoms with Crippen LogP contribution in [0.3, 0.4) is 0 Å². The predicted molar refractivity (Wildman–Crippen MR) is 130 cm³/mol. The highest BCUT2D eigenvalue weighted by Crippen LogP contribution is 2.45. The van der Waals surface area contributed by atoms with Gasteiger partial charge >= 0.3 is 0 Å². The van der Waals surface area contributed by atoms with Gasteiger partial charge in [-0.15, -0.1) is 0 Å². The zero-order valence-corrected chi connectivity index (χ0v) is 19.0. The molecule has 5 rings (SSSR count). The number of rotatable bonds is 6. The lowest BCUT2D eigenvalue weighted by molar-refractivity contribution is -0.119. The molecule has 0 unspecified atom stereocenters. The lowest BCUT2D eigenvalue weighted by Gasteiger charge is -2.20. The molecule has 2 heterocycles. The average Bonchev–Trinajstić information content (AvgIpc) is 3.07. The maximum absolute atomic E-state index is 12.4. The number of ether oxygens (including phenoxy) is 2. The number of amides is 1. The molecule has 1 aromatic heterocycles. The van der Waals surface area contributed by atoms with Crippen LogP contribution < -0.4 is 14.8 Å². The molecule has 5 nitrogen and oxygen atoms in total. The number of anilines is 1. The Bertz CT molecular complexity index is 1360. The van der Waals surface area contributed by atoms with Crippen molar-refractivity contribution in [1.82, 2.24) is 4.98 Å². The zero-order chi connectivity index (χ0) is 23.0. The van der Waals surface area contributed by atoms with Crippen LogP contribution in [0.1, 0.15) is 36.2 Å². The zero-order valence-electron chi connectivity index (χ0n) is 19.0. The van der Waals surface area contributed by atoms with Crippen LogP contribution in [-0.4, -0.2) is 10.9 Å². The molecule has 4 aromatic rings. The highest BCUT2D eigenvalue weighted by molar-refractivity contribution is 6.07. The molecule has 1 aliphatic rings. The van der Waals surface area contributed by atoms with Crippen LogP contribution in [0.25, 0.3) is 10.9 Å². The molecule has 1 aliphatic heterocycles. The molecule has 0 spiro atoms. The smallest absolute Gasteiger partial charge is 0.234 e. The number of aryl methyl sites for hydroxylation is 1. The summed E-state index contributed by atoms with van der Waals surface area (Å²) in [6.07, 6.45) is 0. The first-order valence-electron chi connectivity index (χ1n) is 11.1. The summed E-state index contributed by atoms with van der Waals surface area (Å²) in [5.41, 5.74) is 5.02. The highest BCUT2D eigenvalue weighted by Gasteiger charge is 2.41. The number of fused-ring (bicyclic) bond motifs is 2. The average molecular weight is 439 g/mol. The molecule has 0 bridgehead atoms. The third-order valence-corrected chi connectivity index (χ3v) is 6.14. The van der Waals surface area contributed by atoms with Crippen molar-refractivity contribution in [1.29, 1.82) is 0 Å². The second-order valence-corrected chi connectivity index (χ2v) is 8.93. The molecule has 166 valence electrons. The Labute approximate surface area is 193 Å². The van der Waals surface area contributed by atoms with Gasteiger partial charge in [0.25, 0.3) is 0 Å². The number of carbonyl (C=O) groups is 1. The maximum atomic E-state index is 12.4. The van der Waals surface area contributed by atoms with Gasteiger partial charge in [-0.3, -0.25) is 4.79 Å². The maximum Gasteiger partial charge on any atom is 0.234 e. The number of aromatic nitrogens is 1. The van der Waals surface area contributed by atoms with E-state index in [1.807, 2.05) is 87.5 Å². The normalized spacial score (nSPS) is 14.1. The van der Waals surface area contributed by atoms with E-state index in [-0.39, 0.29) is 5.91 Å². The van der Waals surface area contributed by atoms with Crippen molar-refractivity contribution >= 4 is 22.5 Å². The van der Waals surface area contributed by atoms with Crippen molar-refractivity contribution in [3.63, 3.8) is 0 Å². The van der Waals surface area contributed by atoms with Crippen LogP contribution in [0.4, 0.5) is 5.69 Å². The quantitative estimate of drug-likeness (QED) is 0.405. The van der Waals surface area contributed by atoms with E-state index >= 15 is 0 Å². The van der Waals surface area contributed by atoms with E-state index in [4.69, 9.17) is 9.47 Å². The Kier molecular flexibility index (Phi) is 5.25. The summed E-state index contributed by atoms with van der Waals surface area (Å²) in [5.74, 6) is 1.48. The number of pyridine rings is 1. The summed E-state index contributed by atoms with van der Waals surface area (Å²) >= 11 is 0. The van der Waals surface area contributed by atoms with Gasteiger partial charge in [-0.25, -0.2) is 4.98 Å². The van der Waals surface area contributed by atoms with E-state index in [9.17, 15) is 4.79 Å². The van der Waals surface area contributed by atoms with Crippen molar-refractivity contribution in [2.75, 3.05) is 5.32 Å². The summed E-state index contributed by atoms with van der Waals surface area (Å²) in [4.78, 5) is 17.1. The molecule has 0 saturated carbocycles. The van der Waals surface area contributed by atoms with Gasteiger partial charge < -0.3 is 14.8 Å². The van der Waals surface area contributed by atoms with E-state index in [2.05, 4.69) is 16.4 Å². The van der Waals surface area contributed by atoms with Crippen molar-refractivity contribution in [2.24, 2.45) is 0 Å². The lowest BCUT2D eigenvalue weighted by Crippen LogP contribution is -2.27. The van der Waals surface area contributed by atoms with Crippen LogP contribution >= 0.6 is 0 Å². The number of carbonyl (C=O) groups excluding carboxylic acids is 1. The van der Waals surface area contributed by atoms with Gasteiger partial charge in [0.15, 0.2) is 0 Å². The Hall–Kier alpha value is -3.86. The van der Waals surface area contributed by atoms with Crippen LogP contribution in [0.15, 0.2) is 72.8 Å². The van der Waals surface area contributed by atoms with Crippen molar-refractivity contribution in [2.45, 2.75) is 39.4 Å². The summed E-state index contributed by atoms with van der Waals surface area (Å²) in [5, 5.41) is 4.12. The third-order valence-electron chi connectivity index (χ3n) is 6.14. The fourth-order valence-corrected chi connectivity index (χ4v) is 4.20. The van der Waals surface area contributed by atoms with E-state index < -0.39 is 5.41 Å². The SMILES string of the molecule is Cc1ccc(OCc2cccc(OCc3ccc4ccccc4n3)c2)c2c1NC(=O)C2(C)C. The van der Waals surface area contributed by atoms with Crippen LogP contribution in [-0.2, 0) is 23.4 Å². The first-order valence-corrected chi connectivity index (χ1v) is 11.1. The van der Waals surface area contributed by atoms with Gasteiger partial charge in [-0.2, -0.15) is 0 Å². The van der Waals surface area contributed by atoms with Crippen LogP contribution in [0.5, 0.6) is 11.5 Å². The fourth-order valence-electron chi connectivity index (χ4n) is 4.20. The monoisotopic (exact) mass is 438 g/mol. The van der Waals surface area contributed by atoms with Gasteiger partial charge in [-0.05, 0) is 62.2 Å². The standard InChI is InChI=1S/C28H26N2O3/c1-18-11-14-24(25-26(18)30-27(31)28(25,2)3)33-16-19-7-6-9-22(15-19)32-17-21-13-12-20-8-4-5-10-23(20)29-21/h4-15H,16-17H2,1-3H3,(H,30,31). The summed E-state index contributed by atoms with van der Waals surface area (Å²) in [6, 6.07) is 23.9. The number of hydrogen-bond acceptors (Lipinski definition) is 4. The molecule has 33 heavy (non-hydrogen) atoms. The third kappa shape index (κ3) is 4.02. The van der Waals surface area contributed by atoms with Gasteiger partial charge in [0.05, 0.1) is 22.3 Å².